The van der Waals surface area contributed by atoms with Crippen LogP contribution in [0.3, 0.4) is 0 Å². The second-order valence-electron chi connectivity index (χ2n) is 10.6. The van der Waals surface area contributed by atoms with Crippen molar-refractivity contribution in [1.82, 2.24) is 29.7 Å². The van der Waals surface area contributed by atoms with E-state index in [1.54, 1.807) is 11.8 Å². The molecular weight excluding hydrogens is 497 g/mol. The van der Waals surface area contributed by atoms with Gasteiger partial charge < -0.3 is 10.0 Å². The number of aromatic nitrogens is 4. The van der Waals surface area contributed by atoms with E-state index in [0.717, 1.165) is 25.1 Å². The molecule has 2 aliphatic heterocycles. The zero-order valence-electron chi connectivity index (χ0n) is 21.6. The number of rotatable bonds is 5. The fourth-order valence-corrected chi connectivity index (χ4v) is 5.47. The van der Waals surface area contributed by atoms with Gasteiger partial charge in [0, 0.05) is 49.7 Å². The summed E-state index contributed by atoms with van der Waals surface area (Å²) < 4.78 is 43.5. The SMILES string of the molecule is Cc1cnc(-c2ccnc(C(C)(C)O)n2)c(F)c1C(=O)N1C[C@H]2CC[C@@H]([C@@H]1C)N2Cc1ncc(F)cc1F. The van der Waals surface area contributed by atoms with E-state index in [9.17, 15) is 18.7 Å². The second-order valence-corrected chi connectivity index (χ2v) is 10.6. The first-order chi connectivity index (χ1) is 18.0. The fourth-order valence-electron chi connectivity index (χ4n) is 5.47. The Balaban J connectivity index is 1.43. The molecule has 3 aromatic rings. The highest BCUT2D eigenvalue weighted by atomic mass is 19.1. The molecule has 5 heterocycles. The number of hydrogen-bond donors (Lipinski definition) is 1. The van der Waals surface area contributed by atoms with Gasteiger partial charge in [0.1, 0.15) is 22.9 Å². The molecule has 1 amide bonds. The van der Waals surface area contributed by atoms with Crippen LogP contribution in [0.2, 0.25) is 0 Å². The van der Waals surface area contributed by atoms with Gasteiger partial charge in [-0.3, -0.25) is 19.7 Å². The smallest absolute Gasteiger partial charge is 0.257 e. The van der Waals surface area contributed by atoms with Gasteiger partial charge in [-0.15, -0.1) is 0 Å². The number of piperazine rings is 1. The van der Waals surface area contributed by atoms with E-state index in [1.807, 2.05) is 6.92 Å². The zero-order valence-corrected chi connectivity index (χ0v) is 21.6. The minimum atomic E-state index is -1.34. The molecule has 200 valence electrons. The van der Waals surface area contributed by atoms with Gasteiger partial charge in [-0.25, -0.2) is 23.1 Å². The Morgan fingerprint density at radius 1 is 1.16 bits per heavy atom. The molecule has 8 nitrogen and oxygen atoms in total. The predicted molar refractivity (Wildman–Crippen MR) is 132 cm³/mol. The number of amides is 1. The van der Waals surface area contributed by atoms with Gasteiger partial charge in [0.25, 0.3) is 5.91 Å². The number of aryl methyl sites for hydroxylation is 1. The van der Waals surface area contributed by atoms with Crippen molar-refractivity contribution in [1.29, 1.82) is 0 Å². The van der Waals surface area contributed by atoms with Crippen LogP contribution in [-0.2, 0) is 12.1 Å². The summed E-state index contributed by atoms with van der Waals surface area (Å²) >= 11 is 0. The molecule has 0 spiro atoms. The number of halogens is 3. The van der Waals surface area contributed by atoms with Crippen LogP contribution in [0.25, 0.3) is 11.4 Å². The number of fused-ring (bicyclic) bond motifs is 2. The molecule has 3 atom stereocenters. The molecule has 3 aromatic heterocycles. The number of aliphatic hydroxyl groups is 1. The number of nitrogens with zero attached hydrogens (tertiary/aromatic N) is 6. The van der Waals surface area contributed by atoms with Gasteiger partial charge in [-0.2, -0.15) is 0 Å². The van der Waals surface area contributed by atoms with Crippen LogP contribution >= 0.6 is 0 Å². The maximum absolute atomic E-state index is 15.9. The molecule has 5 rings (SSSR count). The van der Waals surface area contributed by atoms with Crippen LogP contribution in [0.15, 0.2) is 30.7 Å². The van der Waals surface area contributed by atoms with Crippen LogP contribution in [0.5, 0.6) is 0 Å². The summed E-state index contributed by atoms with van der Waals surface area (Å²) in [6.45, 7) is 7.13. The lowest BCUT2D eigenvalue weighted by atomic mass is 10.0. The minimum Gasteiger partial charge on any atom is -0.382 e. The molecular formula is C27H29F3N6O2. The van der Waals surface area contributed by atoms with E-state index in [1.165, 1.54) is 32.3 Å². The normalized spacial score (nSPS) is 21.7. The number of likely N-dealkylation sites (tertiary alicyclic amines) is 1. The third-order valence-electron chi connectivity index (χ3n) is 7.49. The largest absolute Gasteiger partial charge is 0.382 e. The van der Waals surface area contributed by atoms with Crippen LogP contribution in [0, 0.1) is 24.4 Å². The molecule has 2 bridgehead atoms. The first-order valence-corrected chi connectivity index (χ1v) is 12.5. The van der Waals surface area contributed by atoms with Crippen molar-refractivity contribution in [3.63, 3.8) is 0 Å². The Labute approximate surface area is 218 Å². The summed E-state index contributed by atoms with van der Waals surface area (Å²) in [5, 5.41) is 10.3. The van der Waals surface area contributed by atoms with E-state index in [0.29, 0.717) is 12.1 Å². The lowest BCUT2D eigenvalue weighted by Crippen LogP contribution is -2.60. The molecule has 2 saturated heterocycles. The first kappa shape index (κ1) is 26.2. The standard InChI is InChI=1S/C27H29F3N6O2/c1-14-10-33-24(19-7-8-31-26(34-19)27(3,4)38)23(30)22(14)25(37)35-12-17-5-6-21(15(35)2)36(17)13-20-18(29)9-16(28)11-32-20/h7-11,15,17,21,38H,5-6,12-13H2,1-4H3/t15-,17+,21-/m0/s1. The Kier molecular flexibility index (Phi) is 6.68. The first-order valence-electron chi connectivity index (χ1n) is 12.5. The predicted octanol–water partition coefficient (Wildman–Crippen LogP) is 3.76. The van der Waals surface area contributed by atoms with Crippen LogP contribution < -0.4 is 0 Å². The topological polar surface area (TPSA) is 95.3 Å². The Morgan fingerprint density at radius 2 is 1.92 bits per heavy atom. The van der Waals surface area contributed by atoms with Crippen LogP contribution in [0.4, 0.5) is 13.2 Å². The Bertz CT molecular complexity index is 1400. The van der Waals surface area contributed by atoms with Gasteiger partial charge >= 0.3 is 0 Å². The third-order valence-corrected chi connectivity index (χ3v) is 7.49. The van der Waals surface area contributed by atoms with Gasteiger partial charge in [0.05, 0.1) is 23.1 Å². The van der Waals surface area contributed by atoms with Crippen molar-refractivity contribution in [2.45, 2.75) is 70.8 Å². The maximum Gasteiger partial charge on any atom is 0.257 e. The quantitative estimate of drug-likeness (QED) is 0.541. The summed E-state index contributed by atoms with van der Waals surface area (Å²) in [6.07, 6.45) is 5.44. The summed E-state index contributed by atoms with van der Waals surface area (Å²) in [5.41, 5.74) is -0.797. The molecule has 11 heteroatoms. The van der Waals surface area contributed by atoms with Crippen LogP contribution in [-0.4, -0.2) is 65.4 Å². The molecule has 0 aromatic carbocycles. The maximum atomic E-state index is 15.9. The highest BCUT2D eigenvalue weighted by Crippen LogP contribution is 2.37. The highest BCUT2D eigenvalue weighted by Gasteiger charge is 2.46. The monoisotopic (exact) mass is 526 g/mol. The molecule has 2 fully saturated rings. The molecule has 0 radical (unpaired) electrons. The number of pyridine rings is 2. The number of carbonyl (C=O) groups excluding carboxylic acids is 1. The fraction of sp³-hybridized carbons (Fsp3) is 0.444. The summed E-state index contributed by atoms with van der Waals surface area (Å²) in [5.74, 6) is -2.55. The van der Waals surface area contributed by atoms with Gasteiger partial charge in [-0.1, -0.05) is 0 Å². The van der Waals surface area contributed by atoms with E-state index in [-0.39, 0.29) is 53.1 Å². The van der Waals surface area contributed by atoms with E-state index < -0.39 is 29.0 Å². The molecule has 0 saturated carbocycles. The summed E-state index contributed by atoms with van der Waals surface area (Å²) in [6, 6.07) is 1.88. The molecule has 1 N–H and O–H groups in total. The van der Waals surface area contributed by atoms with Crippen molar-refractivity contribution >= 4 is 5.91 Å². The third kappa shape index (κ3) is 4.64. The average Bonchev–Trinajstić information content (AvgIpc) is 3.16. The van der Waals surface area contributed by atoms with Crippen molar-refractivity contribution in [3.8, 4) is 11.4 Å². The lowest BCUT2D eigenvalue weighted by Gasteiger charge is -2.45. The Morgan fingerprint density at radius 3 is 2.63 bits per heavy atom. The number of hydrogen-bond acceptors (Lipinski definition) is 7. The van der Waals surface area contributed by atoms with Crippen molar-refractivity contribution in [3.05, 3.63) is 70.8 Å². The van der Waals surface area contributed by atoms with E-state index in [2.05, 4.69) is 24.8 Å². The average molecular weight is 527 g/mol. The number of carbonyl (C=O) groups is 1. The van der Waals surface area contributed by atoms with Crippen molar-refractivity contribution < 1.29 is 23.1 Å². The summed E-state index contributed by atoms with van der Waals surface area (Å²) in [7, 11) is 0. The van der Waals surface area contributed by atoms with Gasteiger partial charge in [-0.05, 0) is 52.2 Å². The van der Waals surface area contributed by atoms with Gasteiger partial charge in [0.2, 0.25) is 0 Å². The lowest BCUT2D eigenvalue weighted by molar-refractivity contribution is 0.0158. The summed E-state index contributed by atoms with van der Waals surface area (Å²) in [4.78, 5) is 34.0. The van der Waals surface area contributed by atoms with E-state index in [4.69, 9.17) is 0 Å². The molecule has 0 aliphatic carbocycles. The van der Waals surface area contributed by atoms with Crippen molar-refractivity contribution in [2.75, 3.05) is 6.54 Å². The highest BCUT2D eigenvalue weighted by molar-refractivity contribution is 5.97. The zero-order chi connectivity index (χ0) is 27.4. The van der Waals surface area contributed by atoms with Crippen LogP contribution in [0.1, 0.15) is 61.1 Å². The minimum absolute atomic E-state index is 0.0627. The molecule has 2 aliphatic rings. The Hall–Kier alpha value is -3.44. The van der Waals surface area contributed by atoms with Gasteiger partial charge in [0.15, 0.2) is 11.6 Å². The molecule has 38 heavy (non-hydrogen) atoms. The second kappa shape index (κ2) is 9.70. The van der Waals surface area contributed by atoms with E-state index >= 15 is 4.39 Å². The van der Waals surface area contributed by atoms with Crippen molar-refractivity contribution in [2.24, 2.45) is 0 Å². The molecule has 0 unspecified atom stereocenters.